The van der Waals surface area contributed by atoms with Gasteiger partial charge in [-0.15, -0.1) is 0 Å². The van der Waals surface area contributed by atoms with Gasteiger partial charge in [0.2, 0.25) is 0 Å². The van der Waals surface area contributed by atoms with Crippen molar-refractivity contribution in [1.29, 1.82) is 0 Å². The highest BCUT2D eigenvalue weighted by atomic mass is 16.5. The van der Waals surface area contributed by atoms with E-state index in [-0.39, 0.29) is 17.8 Å². The van der Waals surface area contributed by atoms with Gasteiger partial charge in [-0.25, -0.2) is 0 Å². The van der Waals surface area contributed by atoms with Crippen LogP contribution in [-0.2, 0) is 9.53 Å². The van der Waals surface area contributed by atoms with E-state index in [0.717, 1.165) is 23.6 Å². The summed E-state index contributed by atoms with van der Waals surface area (Å²) < 4.78 is 10.9. The third-order valence-corrected chi connectivity index (χ3v) is 5.02. The van der Waals surface area contributed by atoms with Crippen LogP contribution in [0.1, 0.15) is 6.92 Å². The molecule has 1 heterocycles. The number of ether oxygens (including phenoxy) is 2. The van der Waals surface area contributed by atoms with Gasteiger partial charge in [-0.3, -0.25) is 9.79 Å². The number of benzene rings is 2. The van der Waals surface area contributed by atoms with Crippen molar-refractivity contribution in [3.63, 3.8) is 0 Å². The zero-order valence-electron chi connectivity index (χ0n) is 16.1. The minimum Gasteiger partial charge on any atom is -0.491 e. The molecule has 0 aromatic heterocycles. The Morgan fingerprint density at radius 2 is 2.00 bits per heavy atom. The Hall–Kier alpha value is -2.76. The molecule has 1 fully saturated rings. The summed E-state index contributed by atoms with van der Waals surface area (Å²) in [5.41, 5.74) is 0. The maximum atomic E-state index is 11.9. The monoisotopic (exact) mass is 369 g/mol. The first-order valence-corrected chi connectivity index (χ1v) is 9.28. The summed E-state index contributed by atoms with van der Waals surface area (Å²) in [4.78, 5) is 18.3. The van der Waals surface area contributed by atoms with Crippen LogP contribution in [0, 0.1) is 11.8 Å². The van der Waals surface area contributed by atoms with Gasteiger partial charge < -0.3 is 19.7 Å². The van der Waals surface area contributed by atoms with E-state index >= 15 is 0 Å². The number of nitrogens with one attached hydrogen (secondary N) is 1. The molecule has 1 saturated heterocycles. The molecule has 2 unspecified atom stereocenters. The maximum Gasteiger partial charge on any atom is 0.310 e. The molecule has 1 aliphatic heterocycles. The van der Waals surface area contributed by atoms with E-state index in [4.69, 9.17) is 9.47 Å². The summed E-state index contributed by atoms with van der Waals surface area (Å²) in [6, 6.07) is 14.2. The van der Waals surface area contributed by atoms with Crippen LogP contribution in [0.25, 0.3) is 10.8 Å². The molecule has 2 atom stereocenters. The van der Waals surface area contributed by atoms with Gasteiger partial charge >= 0.3 is 5.97 Å². The fraction of sp³-hybridized carbons (Fsp3) is 0.429. The summed E-state index contributed by atoms with van der Waals surface area (Å²) in [5.74, 6) is 1.64. The Labute approximate surface area is 160 Å². The number of carbonyl (C=O) groups is 1. The van der Waals surface area contributed by atoms with E-state index < -0.39 is 0 Å². The molecule has 6 nitrogen and oxygen atoms in total. The number of carbonyl (C=O) groups excluding carboxylic acids is 1. The lowest BCUT2D eigenvalue weighted by atomic mass is 9.99. The number of likely N-dealkylation sites (tertiary alicyclic amines) is 1. The average Bonchev–Trinajstić information content (AvgIpc) is 3.09. The van der Waals surface area contributed by atoms with Crippen LogP contribution in [0.4, 0.5) is 0 Å². The van der Waals surface area contributed by atoms with Gasteiger partial charge in [0.1, 0.15) is 12.4 Å². The van der Waals surface area contributed by atoms with Crippen molar-refractivity contribution in [2.24, 2.45) is 16.8 Å². The van der Waals surface area contributed by atoms with E-state index in [2.05, 4.69) is 40.3 Å². The first-order chi connectivity index (χ1) is 13.1. The van der Waals surface area contributed by atoms with Gasteiger partial charge in [0, 0.05) is 25.5 Å². The van der Waals surface area contributed by atoms with Crippen molar-refractivity contribution in [3.8, 4) is 5.75 Å². The number of fused-ring (bicyclic) bond motifs is 1. The average molecular weight is 369 g/mol. The molecule has 6 heteroatoms. The number of rotatable bonds is 5. The summed E-state index contributed by atoms with van der Waals surface area (Å²) in [6.07, 6.45) is 0. The smallest absolute Gasteiger partial charge is 0.310 e. The number of hydrogen-bond donors (Lipinski definition) is 1. The molecule has 0 spiro atoms. The molecular formula is C21H27N3O3. The standard InChI is InChI=1S/C21H27N3O3/c1-15-13-24(14-18(15)20(25)26-3)21(22-2)23-11-12-27-19-10-6-8-16-7-4-5-9-17(16)19/h4-10,15,18H,11-14H2,1-3H3,(H,22,23). The summed E-state index contributed by atoms with van der Waals surface area (Å²) >= 11 is 0. The third-order valence-electron chi connectivity index (χ3n) is 5.02. The van der Waals surface area contributed by atoms with E-state index in [0.29, 0.717) is 19.7 Å². The number of guanidine groups is 1. The van der Waals surface area contributed by atoms with Gasteiger partial charge in [0.05, 0.1) is 19.6 Å². The van der Waals surface area contributed by atoms with Gasteiger partial charge in [0.15, 0.2) is 5.96 Å². The van der Waals surface area contributed by atoms with E-state index in [9.17, 15) is 4.79 Å². The predicted molar refractivity (Wildman–Crippen MR) is 107 cm³/mol. The molecular weight excluding hydrogens is 342 g/mol. The number of nitrogens with zero attached hydrogens (tertiary/aromatic N) is 2. The Bertz CT molecular complexity index is 816. The largest absolute Gasteiger partial charge is 0.491 e. The van der Waals surface area contributed by atoms with E-state index in [1.165, 1.54) is 12.5 Å². The number of methoxy groups -OCH3 is 1. The second kappa shape index (κ2) is 8.75. The quantitative estimate of drug-likeness (QED) is 0.380. The molecule has 27 heavy (non-hydrogen) atoms. The van der Waals surface area contributed by atoms with Gasteiger partial charge in [-0.05, 0) is 17.4 Å². The molecule has 1 aliphatic rings. The topological polar surface area (TPSA) is 63.2 Å². The minimum atomic E-state index is -0.153. The Morgan fingerprint density at radius 1 is 1.22 bits per heavy atom. The van der Waals surface area contributed by atoms with Gasteiger partial charge in [-0.1, -0.05) is 43.3 Å². The van der Waals surface area contributed by atoms with Crippen molar-refractivity contribution in [2.45, 2.75) is 6.92 Å². The van der Waals surface area contributed by atoms with Crippen LogP contribution in [0.5, 0.6) is 5.75 Å². The molecule has 2 aromatic rings. The first kappa shape index (κ1) is 19.0. The fourth-order valence-corrected chi connectivity index (χ4v) is 3.58. The highest BCUT2D eigenvalue weighted by Crippen LogP contribution is 2.25. The first-order valence-electron chi connectivity index (χ1n) is 9.28. The Kier molecular flexibility index (Phi) is 6.16. The highest BCUT2D eigenvalue weighted by Gasteiger charge is 2.36. The second-order valence-electron chi connectivity index (χ2n) is 6.81. The molecule has 0 aliphatic carbocycles. The molecule has 144 valence electrons. The lowest BCUT2D eigenvalue weighted by Gasteiger charge is -2.21. The van der Waals surface area contributed by atoms with Crippen LogP contribution < -0.4 is 10.1 Å². The molecule has 1 N–H and O–H groups in total. The minimum absolute atomic E-state index is 0.111. The zero-order valence-corrected chi connectivity index (χ0v) is 16.1. The van der Waals surface area contributed by atoms with Crippen molar-refractivity contribution >= 4 is 22.7 Å². The normalized spacial score (nSPS) is 20.0. The van der Waals surface area contributed by atoms with Crippen LogP contribution in [0.15, 0.2) is 47.5 Å². The molecule has 0 radical (unpaired) electrons. The van der Waals surface area contributed by atoms with Crippen molar-refractivity contribution in [2.75, 3.05) is 40.4 Å². The van der Waals surface area contributed by atoms with E-state index in [1.807, 2.05) is 24.3 Å². The highest BCUT2D eigenvalue weighted by molar-refractivity contribution is 5.88. The molecule has 0 bridgehead atoms. The Balaban J connectivity index is 1.53. The maximum absolute atomic E-state index is 11.9. The SMILES string of the molecule is CN=C(NCCOc1cccc2ccccc12)N1CC(C)C(C(=O)OC)C1. The zero-order chi connectivity index (χ0) is 19.2. The lowest BCUT2D eigenvalue weighted by molar-refractivity contribution is -0.145. The van der Waals surface area contributed by atoms with Crippen LogP contribution in [0.2, 0.25) is 0 Å². The number of aliphatic imine (C=N–C) groups is 1. The van der Waals surface area contributed by atoms with Crippen molar-refractivity contribution < 1.29 is 14.3 Å². The van der Waals surface area contributed by atoms with Crippen LogP contribution in [-0.4, -0.2) is 57.2 Å². The van der Waals surface area contributed by atoms with Gasteiger partial charge in [0.25, 0.3) is 0 Å². The number of hydrogen-bond acceptors (Lipinski definition) is 4. The Morgan fingerprint density at radius 3 is 2.78 bits per heavy atom. The molecule has 0 amide bonds. The molecule has 0 saturated carbocycles. The van der Waals surface area contributed by atoms with Crippen molar-refractivity contribution in [3.05, 3.63) is 42.5 Å². The summed E-state index contributed by atoms with van der Waals surface area (Å²) in [7, 11) is 3.19. The van der Waals surface area contributed by atoms with Gasteiger partial charge in [-0.2, -0.15) is 0 Å². The second-order valence-corrected chi connectivity index (χ2v) is 6.81. The predicted octanol–water partition coefficient (Wildman–Crippen LogP) is 2.53. The fourth-order valence-electron chi connectivity index (χ4n) is 3.58. The van der Waals surface area contributed by atoms with Crippen molar-refractivity contribution in [1.82, 2.24) is 10.2 Å². The summed E-state index contributed by atoms with van der Waals surface area (Å²) in [5, 5.41) is 5.60. The molecule has 3 rings (SSSR count). The van der Waals surface area contributed by atoms with E-state index in [1.54, 1.807) is 7.05 Å². The number of esters is 1. The van der Waals surface area contributed by atoms with Crippen LogP contribution in [0.3, 0.4) is 0 Å². The van der Waals surface area contributed by atoms with Crippen LogP contribution >= 0.6 is 0 Å². The molecule has 2 aromatic carbocycles. The lowest BCUT2D eigenvalue weighted by Crippen LogP contribution is -2.42. The summed E-state index contributed by atoms with van der Waals surface area (Å²) in [6.45, 7) is 4.63. The third kappa shape index (κ3) is 4.32.